The van der Waals surface area contributed by atoms with Crippen molar-refractivity contribution in [2.45, 2.75) is 13.8 Å². The van der Waals surface area contributed by atoms with Gasteiger partial charge in [0.15, 0.2) is 0 Å². The molecular formula is C14H17Cl2N3. The molecule has 0 aliphatic carbocycles. The van der Waals surface area contributed by atoms with Crippen LogP contribution in [0.15, 0.2) is 36.7 Å². The lowest BCUT2D eigenvalue weighted by molar-refractivity contribution is 0.842. The van der Waals surface area contributed by atoms with Crippen molar-refractivity contribution in [3.8, 4) is 11.3 Å². The predicted octanol–water partition coefficient (Wildman–Crippen LogP) is 4.07. The van der Waals surface area contributed by atoms with Crippen LogP contribution < -0.4 is 4.90 Å². The molecule has 19 heavy (non-hydrogen) atoms. The predicted molar refractivity (Wildman–Crippen MR) is 83.3 cm³/mol. The lowest BCUT2D eigenvalue weighted by Crippen LogP contribution is -2.22. The minimum Gasteiger partial charge on any atom is -0.357 e. The molecule has 5 heteroatoms. The molecule has 0 bridgehead atoms. The largest absolute Gasteiger partial charge is 0.357 e. The minimum atomic E-state index is 0. The quantitative estimate of drug-likeness (QED) is 0.852. The number of rotatable bonds is 4. The number of anilines is 1. The van der Waals surface area contributed by atoms with Gasteiger partial charge in [0.05, 0.1) is 5.69 Å². The summed E-state index contributed by atoms with van der Waals surface area (Å²) in [6.45, 7) is 6.10. The van der Waals surface area contributed by atoms with Crippen molar-refractivity contribution in [2.24, 2.45) is 0 Å². The maximum Gasteiger partial charge on any atom is 0.132 e. The van der Waals surface area contributed by atoms with Crippen LogP contribution in [0.4, 0.5) is 5.82 Å². The second-order valence-electron chi connectivity index (χ2n) is 3.94. The molecule has 1 aromatic carbocycles. The molecule has 2 rings (SSSR count). The standard InChI is InChI=1S/C14H16ClN3.ClH/c1-3-18(4-2)14-9-13(16-10-17-14)11-6-5-7-12(15)8-11;/h5-10H,3-4H2,1-2H3;1H. The van der Waals surface area contributed by atoms with Crippen LogP contribution in [-0.4, -0.2) is 23.1 Å². The maximum absolute atomic E-state index is 6.00. The summed E-state index contributed by atoms with van der Waals surface area (Å²) in [6.07, 6.45) is 1.60. The molecule has 0 unspecified atom stereocenters. The van der Waals surface area contributed by atoms with E-state index in [1.165, 1.54) is 0 Å². The van der Waals surface area contributed by atoms with Gasteiger partial charge in [-0.15, -0.1) is 12.4 Å². The van der Waals surface area contributed by atoms with Crippen molar-refractivity contribution >= 4 is 29.8 Å². The number of halogens is 2. The summed E-state index contributed by atoms with van der Waals surface area (Å²) >= 11 is 6.00. The fourth-order valence-corrected chi connectivity index (χ4v) is 2.06. The zero-order valence-corrected chi connectivity index (χ0v) is 12.6. The first-order valence-corrected chi connectivity index (χ1v) is 6.45. The van der Waals surface area contributed by atoms with Crippen molar-refractivity contribution in [3.05, 3.63) is 41.7 Å². The summed E-state index contributed by atoms with van der Waals surface area (Å²) in [4.78, 5) is 10.8. The lowest BCUT2D eigenvalue weighted by Gasteiger charge is -2.19. The van der Waals surface area contributed by atoms with Crippen LogP contribution in [0.2, 0.25) is 5.02 Å². The molecule has 1 aromatic heterocycles. The minimum absolute atomic E-state index is 0. The third-order valence-electron chi connectivity index (χ3n) is 2.86. The molecule has 0 atom stereocenters. The Bertz CT molecular complexity index is 528. The van der Waals surface area contributed by atoms with Gasteiger partial charge in [-0.25, -0.2) is 9.97 Å². The van der Waals surface area contributed by atoms with E-state index in [4.69, 9.17) is 11.6 Å². The van der Waals surface area contributed by atoms with Gasteiger partial charge < -0.3 is 4.90 Å². The summed E-state index contributed by atoms with van der Waals surface area (Å²) in [5.74, 6) is 0.949. The fourth-order valence-electron chi connectivity index (χ4n) is 1.87. The first-order valence-electron chi connectivity index (χ1n) is 6.07. The molecule has 2 aromatic rings. The van der Waals surface area contributed by atoms with E-state index in [0.717, 1.165) is 35.2 Å². The van der Waals surface area contributed by atoms with E-state index in [0.29, 0.717) is 0 Å². The SMILES string of the molecule is CCN(CC)c1cc(-c2cccc(Cl)c2)ncn1.Cl. The molecule has 102 valence electrons. The lowest BCUT2D eigenvalue weighted by atomic mass is 10.1. The fraction of sp³-hybridized carbons (Fsp3) is 0.286. The highest BCUT2D eigenvalue weighted by molar-refractivity contribution is 6.30. The van der Waals surface area contributed by atoms with E-state index >= 15 is 0 Å². The van der Waals surface area contributed by atoms with E-state index in [1.54, 1.807) is 6.33 Å². The summed E-state index contributed by atoms with van der Waals surface area (Å²) in [5, 5.41) is 0.718. The summed E-state index contributed by atoms with van der Waals surface area (Å²) < 4.78 is 0. The van der Waals surface area contributed by atoms with Gasteiger partial charge in [0.2, 0.25) is 0 Å². The number of nitrogens with zero attached hydrogens (tertiary/aromatic N) is 3. The van der Waals surface area contributed by atoms with Gasteiger partial charge in [0.25, 0.3) is 0 Å². The van der Waals surface area contributed by atoms with E-state index in [1.807, 2.05) is 30.3 Å². The Balaban J connectivity index is 0.00000180. The van der Waals surface area contributed by atoms with Crippen molar-refractivity contribution in [3.63, 3.8) is 0 Å². The molecule has 0 aliphatic rings. The number of benzene rings is 1. The van der Waals surface area contributed by atoms with Gasteiger partial charge in [-0.2, -0.15) is 0 Å². The van der Waals surface area contributed by atoms with Gasteiger partial charge in [0, 0.05) is 29.7 Å². The Morgan fingerprint density at radius 3 is 2.47 bits per heavy atom. The first kappa shape index (κ1) is 15.7. The number of aromatic nitrogens is 2. The monoisotopic (exact) mass is 297 g/mol. The molecule has 0 radical (unpaired) electrons. The second kappa shape index (κ2) is 7.31. The van der Waals surface area contributed by atoms with Crippen LogP contribution >= 0.6 is 24.0 Å². The Kier molecular flexibility index (Phi) is 6.06. The summed E-state index contributed by atoms with van der Waals surface area (Å²) in [5.41, 5.74) is 1.91. The van der Waals surface area contributed by atoms with Gasteiger partial charge >= 0.3 is 0 Å². The molecule has 0 spiro atoms. The van der Waals surface area contributed by atoms with Crippen LogP contribution in [0.3, 0.4) is 0 Å². The van der Waals surface area contributed by atoms with Gasteiger partial charge in [-0.1, -0.05) is 23.7 Å². The highest BCUT2D eigenvalue weighted by Gasteiger charge is 2.06. The summed E-state index contributed by atoms with van der Waals surface area (Å²) in [7, 11) is 0. The third kappa shape index (κ3) is 3.82. The van der Waals surface area contributed by atoms with Crippen LogP contribution in [0.25, 0.3) is 11.3 Å². The Morgan fingerprint density at radius 1 is 1.11 bits per heavy atom. The third-order valence-corrected chi connectivity index (χ3v) is 3.10. The highest BCUT2D eigenvalue weighted by atomic mass is 35.5. The van der Waals surface area contributed by atoms with Crippen molar-refractivity contribution in [1.82, 2.24) is 9.97 Å². The van der Waals surface area contributed by atoms with Crippen molar-refractivity contribution in [2.75, 3.05) is 18.0 Å². The van der Waals surface area contributed by atoms with E-state index in [-0.39, 0.29) is 12.4 Å². The average molecular weight is 298 g/mol. The number of hydrogen-bond donors (Lipinski definition) is 0. The Labute approximate surface area is 125 Å². The average Bonchev–Trinajstić information content (AvgIpc) is 2.41. The van der Waals surface area contributed by atoms with Crippen molar-refractivity contribution < 1.29 is 0 Å². The Morgan fingerprint density at radius 2 is 1.84 bits per heavy atom. The molecular weight excluding hydrogens is 281 g/mol. The second-order valence-corrected chi connectivity index (χ2v) is 4.38. The molecule has 0 fully saturated rings. The van der Waals surface area contributed by atoms with Crippen LogP contribution in [0.5, 0.6) is 0 Å². The van der Waals surface area contributed by atoms with Gasteiger partial charge in [-0.05, 0) is 26.0 Å². The van der Waals surface area contributed by atoms with E-state index < -0.39 is 0 Å². The smallest absolute Gasteiger partial charge is 0.132 e. The van der Waals surface area contributed by atoms with Crippen LogP contribution in [-0.2, 0) is 0 Å². The molecule has 0 aliphatic heterocycles. The molecule has 0 saturated carbocycles. The molecule has 3 nitrogen and oxygen atoms in total. The zero-order chi connectivity index (χ0) is 13.0. The van der Waals surface area contributed by atoms with Gasteiger partial charge in [-0.3, -0.25) is 0 Å². The van der Waals surface area contributed by atoms with Gasteiger partial charge in [0.1, 0.15) is 12.1 Å². The number of hydrogen-bond acceptors (Lipinski definition) is 3. The highest BCUT2D eigenvalue weighted by Crippen LogP contribution is 2.23. The van der Waals surface area contributed by atoms with E-state index in [2.05, 4.69) is 28.7 Å². The summed E-state index contributed by atoms with van der Waals surface area (Å²) in [6, 6.07) is 9.70. The molecule has 1 heterocycles. The van der Waals surface area contributed by atoms with Crippen molar-refractivity contribution in [1.29, 1.82) is 0 Å². The zero-order valence-electron chi connectivity index (χ0n) is 11.0. The van der Waals surface area contributed by atoms with E-state index in [9.17, 15) is 0 Å². The molecule has 0 amide bonds. The topological polar surface area (TPSA) is 29.0 Å². The normalized spacial score (nSPS) is 9.84. The van der Waals surface area contributed by atoms with Crippen LogP contribution in [0.1, 0.15) is 13.8 Å². The Hall–Kier alpha value is -1.32. The van der Waals surface area contributed by atoms with Crippen LogP contribution in [0, 0.1) is 0 Å². The molecule has 0 saturated heterocycles. The molecule has 0 N–H and O–H groups in total. The maximum atomic E-state index is 6.00. The first-order chi connectivity index (χ1) is 8.74.